The quantitative estimate of drug-likeness (QED) is 0.658. The number of halogens is 1. The number of carbonyl (C=O) groups is 1. The Morgan fingerprint density at radius 1 is 1.62 bits per heavy atom. The molecule has 0 radical (unpaired) electrons. The summed E-state index contributed by atoms with van der Waals surface area (Å²) in [5.74, 6) is 0.175. The van der Waals surface area contributed by atoms with Gasteiger partial charge >= 0.3 is 0 Å². The summed E-state index contributed by atoms with van der Waals surface area (Å²) < 4.78 is 4.93. The van der Waals surface area contributed by atoms with Crippen LogP contribution >= 0.6 is 12.4 Å². The van der Waals surface area contributed by atoms with E-state index >= 15 is 0 Å². The van der Waals surface area contributed by atoms with E-state index in [1.807, 2.05) is 13.8 Å². The van der Waals surface area contributed by atoms with Crippen LogP contribution in [0.5, 0.6) is 0 Å². The molecule has 5 nitrogen and oxygen atoms in total. The van der Waals surface area contributed by atoms with Crippen LogP contribution in [0.25, 0.3) is 0 Å². The molecule has 1 fully saturated rings. The van der Waals surface area contributed by atoms with Crippen molar-refractivity contribution in [3.8, 4) is 0 Å². The van der Waals surface area contributed by atoms with Crippen LogP contribution in [0.15, 0.2) is 0 Å². The lowest BCUT2D eigenvalue weighted by atomic mass is 10.0. The molecule has 0 spiro atoms. The highest BCUT2D eigenvalue weighted by molar-refractivity contribution is 5.85. The minimum Gasteiger partial charge on any atom is -0.366 e. The molecule has 1 aliphatic heterocycles. The van der Waals surface area contributed by atoms with E-state index in [4.69, 9.17) is 10.5 Å². The minimum atomic E-state index is -0.889. The van der Waals surface area contributed by atoms with Gasteiger partial charge in [0.15, 0.2) is 6.29 Å². The number of ether oxygens (including phenoxy) is 1. The molecule has 0 aromatic carbocycles. The number of nitrogens with one attached hydrogen (secondary N) is 1. The number of hydrogen-bond donors (Lipinski definition) is 3. The van der Waals surface area contributed by atoms with Crippen molar-refractivity contribution in [2.45, 2.75) is 45.1 Å². The van der Waals surface area contributed by atoms with Gasteiger partial charge in [-0.3, -0.25) is 4.79 Å². The van der Waals surface area contributed by atoms with E-state index in [0.717, 1.165) is 0 Å². The van der Waals surface area contributed by atoms with Crippen LogP contribution in [0.2, 0.25) is 0 Å². The molecule has 96 valence electrons. The molecule has 0 saturated carbocycles. The summed E-state index contributed by atoms with van der Waals surface area (Å²) in [5, 5.41) is 12.0. The van der Waals surface area contributed by atoms with Gasteiger partial charge in [-0.1, -0.05) is 13.8 Å². The Hall–Kier alpha value is -0.360. The minimum absolute atomic E-state index is 0. The highest BCUT2D eigenvalue weighted by Gasteiger charge is 2.29. The summed E-state index contributed by atoms with van der Waals surface area (Å²) >= 11 is 0. The summed E-state index contributed by atoms with van der Waals surface area (Å²) in [6.45, 7) is 4.51. The second-order valence-corrected chi connectivity index (χ2v) is 4.40. The zero-order chi connectivity index (χ0) is 11.4. The number of aliphatic hydroxyl groups excluding tert-OH is 1. The molecule has 1 amide bonds. The monoisotopic (exact) mass is 252 g/mol. The van der Waals surface area contributed by atoms with E-state index in [-0.39, 0.29) is 24.4 Å². The van der Waals surface area contributed by atoms with Crippen molar-refractivity contribution in [2.24, 2.45) is 11.7 Å². The van der Waals surface area contributed by atoms with Crippen molar-refractivity contribution >= 4 is 18.3 Å². The fourth-order valence-corrected chi connectivity index (χ4v) is 1.62. The Bertz CT molecular complexity index is 226. The number of amides is 1. The fourth-order valence-electron chi connectivity index (χ4n) is 1.62. The fraction of sp³-hybridized carbons (Fsp3) is 0.900. The molecular formula is C10H21ClN2O3. The molecule has 1 aliphatic rings. The molecule has 1 rings (SSSR count). The molecule has 1 unspecified atom stereocenters. The average Bonchev–Trinajstić information content (AvgIpc) is 2.50. The number of carbonyl (C=O) groups excluding carboxylic acids is 1. The third-order valence-electron chi connectivity index (χ3n) is 2.45. The van der Waals surface area contributed by atoms with Crippen molar-refractivity contribution in [1.82, 2.24) is 5.32 Å². The van der Waals surface area contributed by atoms with Gasteiger partial charge in [0.2, 0.25) is 5.91 Å². The van der Waals surface area contributed by atoms with Crippen LogP contribution in [0.3, 0.4) is 0 Å². The highest BCUT2D eigenvalue weighted by atomic mass is 35.5. The molecular weight excluding hydrogens is 232 g/mol. The SMILES string of the molecule is CC(C)C[C@H](N)C(=O)N[C@H]1CCOC1O.Cl. The van der Waals surface area contributed by atoms with Gasteiger partial charge in [-0.05, 0) is 18.8 Å². The van der Waals surface area contributed by atoms with Crippen LogP contribution in [0.4, 0.5) is 0 Å². The Morgan fingerprint density at radius 3 is 2.69 bits per heavy atom. The molecule has 4 N–H and O–H groups in total. The molecule has 3 atom stereocenters. The van der Waals surface area contributed by atoms with Gasteiger partial charge in [0.05, 0.1) is 18.7 Å². The third kappa shape index (κ3) is 4.65. The molecule has 0 bridgehead atoms. The van der Waals surface area contributed by atoms with Crippen molar-refractivity contribution in [3.05, 3.63) is 0 Å². The van der Waals surface area contributed by atoms with E-state index in [2.05, 4.69) is 5.32 Å². The van der Waals surface area contributed by atoms with E-state index < -0.39 is 12.3 Å². The number of rotatable bonds is 4. The topological polar surface area (TPSA) is 84.6 Å². The first kappa shape index (κ1) is 15.6. The third-order valence-corrected chi connectivity index (χ3v) is 2.45. The maximum absolute atomic E-state index is 11.6. The first-order valence-electron chi connectivity index (χ1n) is 5.36. The Balaban J connectivity index is 0.00000225. The lowest BCUT2D eigenvalue weighted by molar-refractivity contribution is -0.126. The van der Waals surface area contributed by atoms with Gasteiger partial charge in [0.25, 0.3) is 0 Å². The van der Waals surface area contributed by atoms with Gasteiger partial charge in [0.1, 0.15) is 0 Å². The van der Waals surface area contributed by atoms with Gasteiger partial charge in [-0.2, -0.15) is 0 Å². The van der Waals surface area contributed by atoms with Crippen LogP contribution in [0, 0.1) is 5.92 Å². The van der Waals surface area contributed by atoms with Crippen molar-refractivity contribution in [3.63, 3.8) is 0 Å². The molecule has 0 aliphatic carbocycles. The zero-order valence-electron chi connectivity index (χ0n) is 9.68. The standard InChI is InChI=1S/C10H20N2O3.ClH/c1-6(2)5-7(11)9(13)12-8-3-4-15-10(8)14;/h6-8,10,14H,3-5,11H2,1-2H3,(H,12,13);1H/t7-,8-,10?;/m0./s1. The number of aliphatic hydroxyl groups is 1. The molecule has 1 saturated heterocycles. The van der Waals surface area contributed by atoms with Gasteiger partial charge in [-0.25, -0.2) is 0 Å². The van der Waals surface area contributed by atoms with Gasteiger partial charge < -0.3 is 20.9 Å². The lowest BCUT2D eigenvalue weighted by Gasteiger charge is -2.19. The lowest BCUT2D eigenvalue weighted by Crippen LogP contribution is -2.48. The summed E-state index contributed by atoms with van der Waals surface area (Å²) in [6, 6.07) is -0.812. The summed E-state index contributed by atoms with van der Waals surface area (Å²) in [5.41, 5.74) is 5.71. The normalized spacial score (nSPS) is 26.3. The smallest absolute Gasteiger partial charge is 0.237 e. The first-order valence-corrected chi connectivity index (χ1v) is 5.36. The molecule has 0 aromatic heterocycles. The largest absolute Gasteiger partial charge is 0.366 e. The zero-order valence-corrected chi connectivity index (χ0v) is 10.5. The molecule has 1 heterocycles. The summed E-state index contributed by atoms with van der Waals surface area (Å²) in [6.07, 6.45) is 0.400. The Labute approximate surface area is 102 Å². The summed E-state index contributed by atoms with van der Waals surface area (Å²) in [4.78, 5) is 11.6. The Morgan fingerprint density at radius 2 is 2.25 bits per heavy atom. The molecule has 0 aromatic rings. The molecule has 6 heteroatoms. The Kier molecular flexibility index (Phi) is 6.90. The van der Waals surface area contributed by atoms with Gasteiger partial charge in [0, 0.05) is 0 Å². The van der Waals surface area contributed by atoms with Crippen LogP contribution in [-0.2, 0) is 9.53 Å². The van der Waals surface area contributed by atoms with E-state index in [1.165, 1.54) is 0 Å². The predicted octanol–water partition coefficient (Wildman–Crippen LogP) is 0.00510. The van der Waals surface area contributed by atoms with Crippen LogP contribution in [0.1, 0.15) is 26.7 Å². The number of hydrogen-bond acceptors (Lipinski definition) is 4. The van der Waals surface area contributed by atoms with Crippen molar-refractivity contribution in [2.75, 3.05) is 6.61 Å². The van der Waals surface area contributed by atoms with Crippen LogP contribution < -0.4 is 11.1 Å². The van der Waals surface area contributed by atoms with Gasteiger partial charge in [-0.15, -0.1) is 12.4 Å². The maximum Gasteiger partial charge on any atom is 0.237 e. The van der Waals surface area contributed by atoms with E-state index in [0.29, 0.717) is 25.4 Å². The maximum atomic E-state index is 11.6. The highest BCUT2D eigenvalue weighted by Crippen LogP contribution is 2.11. The average molecular weight is 253 g/mol. The van der Waals surface area contributed by atoms with E-state index in [1.54, 1.807) is 0 Å². The summed E-state index contributed by atoms with van der Waals surface area (Å²) in [7, 11) is 0. The second kappa shape index (κ2) is 7.06. The second-order valence-electron chi connectivity index (χ2n) is 4.40. The molecule has 16 heavy (non-hydrogen) atoms. The first-order chi connectivity index (χ1) is 7.00. The van der Waals surface area contributed by atoms with E-state index in [9.17, 15) is 9.90 Å². The van der Waals surface area contributed by atoms with Crippen molar-refractivity contribution < 1.29 is 14.6 Å². The number of nitrogens with two attached hydrogens (primary N) is 1. The predicted molar refractivity (Wildman–Crippen MR) is 63.2 cm³/mol. The van der Waals surface area contributed by atoms with Crippen molar-refractivity contribution in [1.29, 1.82) is 0 Å². The van der Waals surface area contributed by atoms with Crippen LogP contribution in [-0.4, -0.2) is 36.0 Å².